The Bertz CT molecular complexity index is 645. The first-order valence-corrected chi connectivity index (χ1v) is 12.8. The Kier molecular flexibility index (Phi) is 3.61. The van der Waals surface area contributed by atoms with E-state index in [0.29, 0.717) is 11.7 Å². The van der Waals surface area contributed by atoms with Gasteiger partial charge in [0, 0.05) is 11.1 Å². The highest BCUT2D eigenvalue weighted by atomic mass is 28.3. The maximum absolute atomic E-state index is 10.6. The smallest absolute Gasteiger partial charge is 0.129 e. The third-order valence-electron chi connectivity index (χ3n) is 6.22. The monoisotopic (exact) mass is 324 g/mol. The number of hydrogen-bond donors (Lipinski definition) is 1. The number of aromatic hydroxyl groups is 1. The van der Waals surface area contributed by atoms with Crippen LogP contribution < -0.4 is 0 Å². The standard InChI is InChI=1S/C21H28OSi/c1-23(2,3)8-7-16-5-4-6-19(22)21(16)20-17-10-14-9-15(12-17)13-18(20)11-14/h4-6,14-15,17-18,20,22H,9-13H2,1-3H3. The molecule has 0 unspecified atom stereocenters. The molecule has 4 aliphatic carbocycles. The molecular weight excluding hydrogens is 296 g/mol. The molecule has 0 saturated heterocycles. The molecule has 4 aliphatic rings. The number of phenols is 1. The maximum atomic E-state index is 10.6. The fourth-order valence-corrected chi connectivity index (χ4v) is 6.17. The summed E-state index contributed by atoms with van der Waals surface area (Å²) < 4.78 is 0. The zero-order valence-electron chi connectivity index (χ0n) is 14.6. The van der Waals surface area contributed by atoms with Gasteiger partial charge in [0.15, 0.2) is 0 Å². The van der Waals surface area contributed by atoms with Gasteiger partial charge in [-0.25, -0.2) is 0 Å². The molecule has 0 heterocycles. The van der Waals surface area contributed by atoms with Crippen molar-refractivity contribution in [2.24, 2.45) is 23.7 Å². The van der Waals surface area contributed by atoms with Crippen molar-refractivity contribution in [3.05, 3.63) is 29.3 Å². The van der Waals surface area contributed by atoms with E-state index in [1.165, 1.54) is 37.7 Å². The zero-order chi connectivity index (χ0) is 16.2. The second-order valence-corrected chi connectivity index (χ2v) is 13.9. The minimum Gasteiger partial charge on any atom is -0.508 e. The highest BCUT2D eigenvalue weighted by Crippen LogP contribution is 2.61. The van der Waals surface area contributed by atoms with Crippen LogP contribution >= 0.6 is 0 Å². The van der Waals surface area contributed by atoms with Gasteiger partial charge < -0.3 is 5.11 Å². The van der Waals surface area contributed by atoms with E-state index in [1.54, 1.807) is 0 Å². The number of rotatable bonds is 1. The van der Waals surface area contributed by atoms with E-state index < -0.39 is 8.07 Å². The van der Waals surface area contributed by atoms with Crippen LogP contribution in [0.15, 0.2) is 18.2 Å². The van der Waals surface area contributed by atoms with Crippen LogP contribution in [0.4, 0.5) is 0 Å². The minimum atomic E-state index is -1.40. The molecule has 1 nitrogen and oxygen atoms in total. The first kappa shape index (κ1) is 15.3. The van der Waals surface area contributed by atoms with Crippen LogP contribution in [0, 0.1) is 35.1 Å². The van der Waals surface area contributed by atoms with Crippen molar-refractivity contribution in [1.29, 1.82) is 0 Å². The van der Waals surface area contributed by atoms with Crippen LogP contribution in [-0.2, 0) is 0 Å². The van der Waals surface area contributed by atoms with E-state index in [2.05, 4.69) is 37.2 Å². The van der Waals surface area contributed by atoms with Crippen molar-refractivity contribution >= 4 is 8.07 Å². The van der Waals surface area contributed by atoms with Gasteiger partial charge in [-0.1, -0.05) is 31.6 Å². The minimum absolute atomic E-state index is 0.491. The fourth-order valence-electron chi connectivity index (χ4n) is 5.66. The Labute approximate surface area is 141 Å². The van der Waals surface area contributed by atoms with Crippen molar-refractivity contribution in [2.45, 2.75) is 57.7 Å². The van der Waals surface area contributed by atoms with Crippen LogP contribution in [0.1, 0.15) is 49.1 Å². The van der Waals surface area contributed by atoms with Gasteiger partial charge in [0.05, 0.1) is 0 Å². The van der Waals surface area contributed by atoms with Crippen molar-refractivity contribution < 1.29 is 5.11 Å². The Morgan fingerprint density at radius 3 is 2.13 bits per heavy atom. The lowest BCUT2D eigenvalue weighted by molar-refractivity contribution is -0.00355. The predicted octanol–water partition coefficient (Wildman–Crippen LogP) is 5.16. The molecule has 2 heteroatoms. The molecular formula is C21H28OSi. The molecule has 1 aromatic carbocycles. The first-order chi connectivity index (χ1) is 10.9. The van der Waals surface area contributed by atoms with Gasteiger partial charge in [0.2, 0.25) is 0 Å². The number of hydrogen-bond acceptors (Lipinski definition) is 1. The average molecular weight is 325 g/mol. The van der Waals surface area contributed by atoms with Gasteiger partial charge in [-0.3, -0.25) is 0 Å². The third-order valence-corrected chi connectivity index (χ3v) is 7.09. The Hall–Kier alpha value is -1.20. The molecule has 0 aliphatic heterocycles. The van der Waals surface area contributed by atoms with Crippen LogP contribution in [0.25, 0.3) is 0 Å². The van der Waals surface area contributed by atoms with E-state index in [-0.39, 0.29) is 0 Å². The van der Waals surface area contributed by atoms with Crippen molar-refractivity contribution in [2.75, 3.05) is 0 Å². The van der Waals surface area contributed by atoms with Gasteiger partial charge in [0.25, 0.3) is 0 Å². The summed E-state index contributed by atoms with van der Waals surface area (Å²) in [7, 11) is -1.40. The lowest BCUT2D eigenvalue weighted by atomic mass is 9.50. The van der Waals surface area contributed by atoms with Gasteiger partial charge in [0.1, 0.15) is 13.8 Å². The summed E-state index contributed by atoms with van der Waals surface area (Å²) >= 11 is 0. The quantitative estimate of drug-likeness (QED) is 0.559. The van der Waals surface area contributed by atoms with E-state index in [0.717, 1.165) is 29.2 Å². The summed E-state index contributed by atoms with van der Waals surface area (Å²) in [6, 6.07) is 5.97. The van der Waals surface area contributed by atoms with E-state index >= 15 is 0 Å². The summed E-state index contributed by atoms with van der Waals surface area (Å²) in [5.74, 6) is 8.00. The Balaban J connectivity index is 1.75. The number of benzene rings is 1. The van der Waals surface area contributed by atoms with Crippen LogP contribution in [-0.4, -0.2) is 13.2 Å². The molecule has 1 aromatic rings. The van der Waals surface area contributed by atoms with E-state index in [1.807, 2.05) is 12.1 Å². The van der Waals surface area contributed by atoms with Crippen LogP contribution in [0.2, 0.25) is 19.6 Å². The second kappa shape index (κ2) is 5.41. The van der Waals surface area contributed by atoms with Gasteiger partial charge >= 0.3 is 0 Å². The molecule has 4 saturated carbocycles. The molecule has 0 amide bonds. The lowest BCUT2D eigenvalue weighted by Gasteiger charge is -2.54. The van der Waals surface area contributed by atoms with Crippen molar-refractivity contribution in [3.63, 3.8) is 0 Å². The van der Waals surface area contributed by atoms with Crippen molar-refractivity contribution in [3.8, 4) is 17.2 Å². The fraction of sp³-hybridized carbons (Fsp3) is 0.619. The summed E-state index contributed by atoms with van der Waals surface area (Å²) in [5, 5.41) is 10.6. The molecule has 4 fully saturated rings. The average Bonchev–Trinajstić information content (AvgIpc) is 2.45. The second-order valence-electron chi connectivity index (χ2n) is 9.19. The molecule has 0 radical (unpaired) electrons. The van der Waals surface area contributed by atoms with E-state index in [9.17, 15) is 5.11 Å². The highest BCUT2D eigenvalue weighted by Gasteiger charge is 2.49. The summed E-state index contributed by atoms with van der Waals surface area (Å²) in [6.45, 7) is 6.85. The largest absolute Gasteiger partial charge is 0.508 e. The van der Waals surface area contributed by atoms with Gasteiger partial charge in [-0.05, 0) is 73.8 Å². The molecule has 0 atom stereocenters. The number of phenolic OH excluding ortho intramolecular Hbond substituents is 1. The van der Waals surface area contributed by atoms with Crippen LogP contribution in [0.5, 0.6) is 5.75 Å². The molecule has 122 valence electrons. The summed E-state index contributed by atoms with van der Waals surface area (Å²) in [4.78, 5) is 0. The molecule has 0 aromatic heterocycles. The molecule has 1 N–H and O–H groups in total. The summed E-state index contributed by atoms with van der Waals surface area (Å²) in [5.41, 5.74) is 5.79. The maximum Gasteiger partial charge on any atom is 0.129 e. The molecule has 4 bridgehead atoms. The zero-order valence-corrected chi connectivity index (χ0v) is 15.6. The Morgan fingerprint density at radius 1 is 0.957 bits per heavy atom. The van der Waals surface area contributed by atoms with Gasteiger partial charge in [-0.2, -0.15) is 0 Å². The van der Waals surface area contributed by atoms with Crippen molar-refractivity contribution in [1.82, 2.24) is 0 Å². The highest BCUT2D eigenvalue weighted by molar-refractivity contribution is 6.83. The lowest BCUT2D eigenvalue weighted by Crippen LogP contribution is -2.44. The third kappa shape index (κ3) is 2.85. The SMILES string of the molecule is C[Si](C)(C)C#Cc1cccc(O)c1C1C2CC3CC(C2)CC1C3. The molecule has 23 heavy (non-hydrogen) atoms. The topological polar surface area (TPSA) is 20.2 Å². The van der Waals surface area contributed by atoms with Crippen LogP contribution in [0.3, 0.4) is 0 Å². The Morgan fingerprint density at radius 2 is 1.57 bits per heavy atom. The predicted molar refractivity (Wildman–Crippen MR) is 98.1 cm³/mol. The van der Waals surface area contributed by atoms with E-state index in [4.69, 9.17) is 0 Å². The molecule has 0 spiro atoms. The first-order valence-electron chi connectivity index (χ1n) is 9.26. The summed E-state index contributed by atoms with van der Waals surface area (Å²) in [6.07, 6.45) is 7.00. The van der Waals surface area contributed by atoms with Gasteiger partial charge in [-0.15, -0.1) is 5.54 Å². The molecule has 5 rings (SSSR count). The normalized spacial score (nSPS) is 35.0.